The molecule has 0 spiro atoms. The lowest BCUT2D eigenvalue weighted by Crippen LogP contribution is -2.49. The molecular formula is C23H29N7O7. The van der Waals surface area contributed by atoms with Crippen molar-refractivity contribution < 1.29 is 34.5 Å². The molecule has 1 aromatic carbocycles. The summed E-state index contributed by atoms with van der Waals surface area (Å²) < 4.78 is 6.31. The van der Waals surface area contributed by atoms with Crippen molar-refractivity contribution in [1.82, 2.24) is 25.0 Å². The number of carboxylic acids is 1. The largest absolute Gasteiger partial charge is 0.481 e. The Hall–Kier alpha value is -4.01. The van der Waals surface area contributed by atoms with E-state index in [1.807, 2.05) is 24.3 Å². The van der Waals surface area contributed by atoms with Crippen molar-refractivity contribution in [2.45, 2.75) is 50.8 Å². The molecule has 0 aliphatic carbocycles. The first-order valence-corrected chi connectivity index (χ1v) is 11.8. The zero-order valence-electron chi connectivity index (χ0n) is 20.1. The molecule has 3 heterocycles. The number of aryl methyl sites for hydroxylation is 1. The van der Waals surface area contributed by atoms with E-state index in [9.17, 15) is 19.8 Å². The van der Waals surface area contributed by atoms with Crippen molar-refractivity contribution in [3.63, 3.8) is 0 Å². The number of hydrogen-bond donors (Lipinski definition) is 6. The predicted molar refractivity (Wildman–Crippen MR) is 130 cm³/mol. The Morgan fingerprint density at radius 2 is 1.95 bits per heavy atom. The van der Waals surface area contributed by atoms with E-state index in [1.165, 1.54) is 6.33 Å². The number of aliphatic carboxylic acids is 1. The number of imidazole rings is 1. The van der Waals surface area contributed by atoms with Gasteiger partial charge in [-0.3, -0.25) is 9.59 Å². The van der Waals surface area contributed by atoms with Gasteiger partial charge in [0.05, 0.1) is 0 Å². The Morgan fingerprint density at radius 1 is 1.24 bits per heavy atom. The molecule has 3 aromatic rings. The number of fused-ring (bicyclic) bond motifs is 1. The van der Waals surface area contributed by atoms with Crippen LogP contribution in [-0.4, -0.2) is 78.1 Å². The number of nitrogens with zero attached hydrogens (tertiary/aromatic N) is 4. The third-order valence-corrected chi connectivity index (χ3v) is 5.78. The minimum Gasteiger partial charge on any atom is -0.481 e. The fraction of sp³-hybridized carbons (Fsp3) is 0.435. The van der Waals surface area contributed by atoms with E-state index in [4.69, 9.17) is 20.4 Å². The van der Waals surface area contributed by atoms with Crippen LogP contribution in [0.15, 0.2) is 30.6 Å². The number of rotatable bonds is 11. The van der Waals surface area contributed by atoms with Crippen LogP contribution in [0.25, 0.3) is 11.2 Å². The fourth-order valence-corrected chi connectivity index (χ4v) is 3.84. The third-order valence-electron chi connectivity index (χ3n) is 5.78. The van der Waals surface area contributed by atoms with Gasteiger partial charge in [-0.05, 0) is 30.9 Å². The molecule has 0 radical (unpaired) electrons. The molecule has 3 atom stereocenters. The number of likely N-dealkylation sites (N-methyl/N-ethyl adjacent to an activating group) is 1. The molecule has 1 fully saturated rings. The van der Waals surface area contributed by atoms with Crippen LogP contribution in [0.3, 0.4) is 0 Å². The van der Waals surface area contributed by atoms with Crippen LogP contribution in [0.1, 0.15) is 30.9 Å². The Morgan fingerprint density at radius 3 is 2.62 bits per heavy atom. The second-order valence-corrected chi connectivity index (χ2v) is 8.54. The number of nitrogen functional groups attached to an aromatic ring is 1. The van der Waals surface area contributed by atoms with E-state index in [2.05, 4.69) is 25.6 Å². The van der Waals surface area contributed by atoms with Gasteiger partial charge in [0, 0.05) is 25.9 Å². The molecule has 0 bridgehead atoms. The normalized spacial score (nSPS) is 21.2. The van der Waals surface area contributed by atoms with Gasteiger partial charge in [-0.1, -0.05) is 24.3 Å². The van der Waals surface area contributed by atoms with Gasteiger partial charge in [-0.15, -0.1) is 4.73 Å². The Balaban J connectivity index is 1.41. The molecule has 1 saturated heterocycles. The molecule has 2 aromatic heterocycles. The lowest BCUT2D eigenvalue weighted by atomic mass is 10.1. The minimum absolute atomic E-state index is 0.0673. The minimum atomic E-state index is -2.51. The van der Waals surface area contributed by atoms with Gasteiger partial charge < -0.3 is 41.3 Å². The molecule has 4 rings (SSSR count). The summed E-state index contributed by atoms with van der Waals surface area (Å²) >= 11 is 0. The highest BCUT2D eigenvalue weighted by Gasteiger charge is 2.53. The quantitative estimate of drug-likeness (QED) is 0.178. The first kappa shape index (κ1) is 26.1. The van der Waals surface area contributed by atoms with Crippen LogP contribution in [0, 0.1) is 0 Å². The summed E-state index contributed by atoms with van der Waals surface area (Å²) in [5.74, 6) is -3.57. The fourth-order valence-electron chi connectivity index (χ4n) is 3.84. The Kier molecular flexibility index (Phi) is 7.71. The van der Waals surface area contributed by atoms with Crippen molar-refractivity contribution >= 4 is 34.8 Å². The van der Waals surface area contributed by atoms with Crippen LogP contribution >= 0.6 is 0 Å². The van der Waals surface area contributed by atoms with E-state index >= 15 is 0 Å². The molecule has 0 saturated carbocycles. The van der Waals surface area contributed by atoms with Crippen molar-refractivity contribution in [2.24, 2.45) is 0 Å². The number of carbonyl (C=O) groups excluding carboxylic acids is 1. The molecule has 1 amide bonds. The average Bonchev–Trinajstić information content (AvgIpc) is 3.39. The maximum atomic E-state index is 12.1. The molecule has 0 unspecified atom stereocenters. The maximum Gasteiger partial charge on any atom is 0.373 e. The number of aliphatic hydroxyl groups excluding tert-OH is 1. The molecule has 14 nitrogen and oxygen atoms in total. The highest BCUT2D eigenvalue weighted by atomic mass is 16.9. The average molecular weight is 516 g/mol. The predicted octanol–water partition coefficient (Wildman–Crippen LogP) is -0.559. The molecule has 1 aliphatic rings. The van der Waals surface area contributed by atoms with Gasteiger partial charge in [0.15, 0.2) is 17.4 Å². The van der Waals surface area contributed by atoms with Gasteiger partial charge in [-0.25, -0.2) is 4.98 Å². The van der Waals surface area contributed by atoms with Gasteiger partial charge in [0.1, 0.15) is 12.4 Å². The van der Waals surface area contributed by atoms with Gasteiger partial charge in [0.2, 0.25) is 17.5 Å². The summed E-state index contributed by atoms with van der Waals surface area (Å²) in [7, 11) is 0. The third kappa shape index (κ3) is 6.04. The number of amides is 1. The number of ether oxygens (including phenoxy) is 1. The number of nitrogens with two attached hydrogens (primary N) is 1. The monoisotopic (exact) mass is 515 g/mol. The number of aromatic nitrogens is 4. The smallest absolute Gasteiger partial charge is 0.373 e. The summed E-state index contributed by atoms with van der Waals surface area (Å²) in [4.78, 5) is 40.9. The van der Waals surface area contributed by atoms with Gasteiger partial charge in [-0.2, -0.15) is 9.97 Å². The number of hydrogen-bond acceptors (Lipinski definition) is 11. The maximum absolute atomic E-state index is 12.1. The molecule has 14 heteroatoms. The van der Waals surface area contributed by atoms with E-state index in [0.29, 0.717) is 25.9 Å². The highest BCUT2D eigenvalue weighted by molar-refractivity contribution is 5.82. The zero-order chi connectivity index (χ0) is 26.6. The topological polar surface area (TPSA) is 207 Å². The summed E-state index contributed by atoms with van der Waals surface area (Å²) in [6, 6.07) is 7.66. The van der Waals surface area contributed by atoms with E-state index in [-0.39, 0.29) is 35.8 Å². The molecule has 7 N–H and O–H groups in total. The lowest BCUT2D eigenvalue weighted by molar-refractivity contribution is -0.369. The molecular weight excluding hydrogens is 486 g/mol. The molecule has 1 aliphatic heterocycles. The molecule has 198 valence electrons. The Bertz CT molecular complexity index is 1270. The first-order chi connectivity index (χ1) is 17.7. The number of aliphatic hydroxyl groups is 2. The summed E-state index contributed by atoms with van der Waals surface area (Å²) in [5.41, 5.74) is 8.33. The SMILES string of the molecule is CCNC(=O)[C@@H]1C[C@H](O)[C@@](O)(On2cnc3c(N)nc(NCCc4ccc(CCC(=O)O)cc4)nc32)O1. The van der Waals surface area contributed by atoms with Gasteiger partial charge in [0.25, 0.3) is 0 Å². The Labute approximate surface area is 211 Å². The van der Waals surface area contributed by atoms with Crippen LogP contribution in [0.5, 0.6) is 0 Å². The number of benzene rings is 1. The van der Waals surface area contributed by atoms with Crippen LogP contribution in [-0.2, 0) is 27.2 Å². The summed E-state index contributed by atoms with van der Waals surface area (Å²) in [5, 5.41) is 35.5. The van der Waals surface area contributed by atoms with Gasteiger partial charge >= 0.3 is 11.9 Å². The summed E-state index contributed by atoms with van der Waals surface area (Å²) in [6.45, 7) is 2.57. The zero-order valence-corrected chi connectivity index (χ0v) is 20.1. The second-order valence-electron chi connectivity index (χ2n) is 8.54. The van der Waals surface area contributed by atoms with Crippen molar-refractivity contribution in [3.8, 4) is 0 Å². The van der Waals surface area contributed by atoms with E-state index in [1.54, 1.807) is 6.92 Å². The summed E-state index contributed by atoms with van der Waals surface area (Å²) in [6.07, 6.45) is -0.390. The second kappa shape index (κ2) is 10.9. The lowest BCUT2D eigenvalue weighted by Gasteiger charge is -2.25. The number of carbonyl (C=O) groups is 2. The van der Waals surface area contributed by atoms with Crippen molar-refractivity contribution in [2.75, 3.05) is 24.1 Å². The van der Waals surface area contributed by atoms with Crippen LogP contribution in [0.2, 0.25) is 0 Å². The number of carboxylic acid groups (broad SMARTS) is 1. The number of anilines is 2. The van der Waals surface area contributed by atoms with E-state index in [0.717, 1.165) is 15.9 Å². The van der Waals surface area contributed by atoms with Crippen molar-refractivity contribution in [3.05, 3.63) is 41.7 Å². The van der Waals surface area contributed by atoms with E-state index < -0.39 is 30.1 Å². The standard InChI is InChI=1S/C23H29N7O7/c1-2-25-21(34)15-11-16(31)23(35,36-15)37-30-12-27-18-19(24)28-22(29-20(18)30)26-10-9-14-5-3-13(4-6-14)7-8-17(32)33/h3-6,12,15-16,31,35H,2,7-11H2,1H3,(H,25,34)(H,32,33)(H3,24,26,28,29)/t15-,16-,23-/m0/s1. The first-order valence-electron chi connectivity index (χ1n) is 11.8. The molecule has 37 heavy (non-hydrogen) atoms. The number of nitrogens with one attached hydrogen (secondary N) is 2. The van der Waals surface area contributed by atoms with Crippen LogP contribution < -0.4 is 21.2 Å². The van der Waals surface area contributed by atoms with Crippen molar-refractivity contribution in [1.29, 1.82) is 0 Å². The highest BCUT2D eigenvalue weighted by Crippen LogP contribution is 2.29. The van der Waals surface area contributed by atoms with Crippen LogP contribution in [0.4, 0.5) is 11.8 Å².